The van der Waals surface area contributed by atoms with E-state index in [0.29, 0.717) is 17.9 Å². The second-order valence-electron chi connectivity index (χ2n) is 8.45. The third-order valence-electron chi connectivity index (χ3n) is 5.85. The lowest BCUT2D eigenvalue weighted by atomic mass is 10.1. The van der Waals surface area contributed by atoms with Gasteiger partial charge in [0.15, 0.2) is 5.69 Å². The van der Waals surface area contributed by atoms with Crippen LogP contribution in [0.2, 0.25) is 0 Å². The predicted octanol–water partition coefficient (Wildman–Crippen LogP) is 4.75. The molecule has 6 nitrogen and oxygen atoms in total. The Bertz CT molecular complexity index is 1540. The summed E-state index contributed by atoms with van der Waals surface area (Å²) in [5, 5.41) is 4.49. The van der Waals surface area contributed by atoms with Gasteiger partial charge in [-0.05, 0) is 41.0 Å². The van der Waals surface area contributed by atoms with Crippen LogP contribution in [-0.4, -0.2) is 14.3 Å². The molecule has 0 aliphatic heterocycles. The van der Waals surface area contributed by atoms with Crippen LogP contribution in [0.4, 0.5) is 0 Å². The molecule has 0 fully saturated rings. The summed E-state index contributed by atoms with van der Waals surface area (Å²) in [6.07, 6.45) is 0. The van der Waals surface area contributed by atoms with Crippen molar-refractivity contribution in [1.82, 2.24) is 14.3 Å². The molecule has 0 bridgehead atoms. The highest BCUT2D eigenvalue weighted by Gasteiger charge is 2.16. The molecule has 0 atom stereocenters. The Hall–Kier alpha value is -4.71. The van der Waals surface area contributed by atoms with E-state index in [-0.39, 0.29) is 18.8 Å². The minimum Gasteiger partial charge on any atom is -0.489 e. The molecule has 1 aromatic heterocycles. The SMILES string of the molecule is O=c1c(-c2ccc(OCc3ccccc3)cc2)nn(Cc2ccccc2)c(=O)n1Cc1ccccc1. The zero-order valence-electron chi connectivity index (χ0n) is 19.7. The Morgan fingerprint density at radius 3 is 1.72 bits per heavy atom. The van der Waals surface area contributed by atoms with E-state index in [0.717, 1.165) is 16.7 Å². The lowest BCUT2D eigenvalue weighted by molar-refractivity contribution is 0.306. The Balaban J connectivity index is 1.49. The van der Waals surface area contributed by atoms with Gasteiger partial charge in [0.25, 0.3) is 5.56 Å². The van der Waals surface area contributed by atoms with Crippen LogP contribution in [0.3, 0.4) is 0 Å². The van der Waals surface area contributed by atoms with Crippen LogP contribution < -0.4 is 16.0 Å². The van der Waals surface area contributed by atoms with Gasteiger partial charge in [-0.3, -0.25) is 9.36 Å². The molecular formula is C30H25N3O3. The van der Waals surface area contributed by atoms with Crippen LogP contribution in [-0.2, 0) is 19.7 Å². The molecule has 178 valence electrons. The summed E-state index contributed by atoms with van der Waals surface area (Å²) >= 11 is 0. The molecule has 0 saturated carbocycles. The fourth-order valence-corrected chi connectivity index (χ4v) is 3.96. The zero-order chi connectivity index (χ0) is 24.7. The molecule has 36 heavy (non-hydrogen) atoms. The smallest absolute Gasteiger partial charge is 0.348 e. The van der Waals surface area contributed by atoms with Gasteiger partial charge in [-0.25, -0.2) is 9.48 Å². The molecule has 0 N–H and O–H groups in total. The first kappa shape index (κ1) is 23.1. The lowest BCUT2D eigenvalue weighted by Crippen LogP contribution is -2.42. The fourth-order valence-electron chi connectivity index (χ4n) is 3.96. The Labute approximate surface area is 208 Å². The first-order valence-electron chi connectivity index (χ1n) is 11.7. The van der Waals surface area contributed by atoms with E-state index >= 15 is 0 Å². The molecule has 1 heterocycles. The summed E-state index contributed by atoms with van der Waals surface area (Å²) in [6, 6.07) is 36.2. The first-order valence-corrected chi connectivity index (χ1v) is 11.7. The predicted molar refractivity (Wildman–Crippen MR) is 140 cm³/mol. The first-order chi connectivity index (χ1) is 17.7. The second kappa shape index (κ2) is 10.7. The molecule has 0 aliphatic rings. The van der Waals surface area contributed by atoms with Gasteiger partial charge in [0.1, 0.15) is 12.4 Å². The van der Waals surface area contributed by atoms with E-state index < -0.39 is 11.2 Å². The van der Waals surface area contributed by atoms with Crippen LogP contribution in [0.1, 0.15) is 16.7 Å². The second-order valence-corrected chi connectivity index (χ2v) is 8.45. The van der Waals surface area contributed by atoms with Gasteiger partial charge in [-0.15, -0.1) is 0 Å². The van der Waals surface area contributed by atoms with Crippen molar-refractivity contribution in [3.8, 4) is 17.0 Å². The maximum Gasteiger partial charge on any atom is 0.348 e. The van der Waals surface area contributed by atoms with Gasteiger partial charge in [-0.1, -0.05) is 91.0 Å². The highest BCUT2D eigenvalue weighted by molar-refractivity contribution is 5.58. The number of ether oxygens (including phenoxy) is 1. The summed E-state index contributed by atoms with van der Waals surface area (Å²) in [5.74, 6) is 0.685. The molecule has 6 heteroatoms. The molecule has 0 radical (unpaired) electrons. The number of nitrogens with zero attached hydrogens (tertiary/aromatic N) is 3. The summed E-state index contributed by atoms with van der Waals surface area (Å²) in [4.78, 5) is 26.8. The number of benzene rings is 4. The molecule has 0 saturated heterocycles. The van der Waals surface area contributed by atoms with Crippen molar-refractivity contribution in [3.63, 3.8) is 0 Å². The van der Waals surface area contributed by atoms with E-state index in [2.05, 4.69) is 5.10 Å². The topological polar surface area (TPSA) is 66.1 Å². The van der Waals surface area contributed by atoms with E-state index in [1.807, 2.05) is 103 Å². The van der Waals surface area contributed by atoms with Crippen molar-refractivity contribution in [3.05, 3.63) is 153 Å². The molecule has 0 unspecified atom stereocenters. The summed E-state index contributed by atoms with van der Waals surface area (Å²) < 4.78 is 8.49. The summed E-state index contributed by atoms with van der Waals surface area (Å²) in [6.45, 7) is 0.880. The molecule has 5 aromatic rings. The number of hydrogen-bond donors (Lipinski definition) is 0. The maximum absolute atomic E-state index is 13.5. The minimum absolute atomic E-state index is 0.168. The minimum atomic E-state index is -0.445. The highest BCUT2D eigenvalue weighted by Crippen LogP contribution is 2.19. The lowest BCUT2D eigenvalue weighted by Gasteiger charge is -2.13. The van der Waals surface area contributed by atoms with E-state index in [1.54, 1.807) is 12.1 Å². The van der Waals surface area contributed by atoms with Crippen molar-refractivity contribution in [2.24, 2.45) is 0 Å². The average molecular weight is 476 g/mol. The van der Waals surface area contributed by atoms with E-state index in [9.17, 15) is 9.59 Å². The maximum atomic E-state index is 13.5. The van der Waals surface area contributed by atoms with Crippen LogP contribution >= 0.6 is 0 Å². The third-order valence-corrected chi connectivity index (χ3v) is 5.85. The molecule has 0 spiro atoms. The van der Waals surface area contributed by atoms with Gasteiger partial charge >= 0.3 is 5.69 Å². The van der Waals surface area contributed by atoms with Gasteiger partial charge in [0.2, 0.25) is 0 Å². The van der Waals surface area contributed by atoms with Crippen LogP contribution in [0.15, 0.2) is 125 Å². The number of aromatic nitrogens is 3. The Morgan fingerprint density at radius 1 is 0.611 bits per heavy atom. The fraction of sp³-hybridized carbons (Fsp3) is 0.100. The molecule has 0 aliphatic carbocycles. The largest absolute Gasteiger partial charge is 0.489 e. The van der Waals surface area contributed by atoms with Gasteiger partial charge in [0.05, 0.1) is 13.1 Å². The van der Waals surface area contributed by atoms with Crippen LogP contribution in [0, 0.1) is 0 Å². The monoisotopic (exact) mass is 475 g/mol. The van der Waals surface area contributed by atoms with Crippen molar-refractivity contribution in [1.29, 1.82) is 0 Å². The van der Waals surface area contributed by atoms with Gasteiger partial charge < -0.3 is 4.74 Å². The zero-order valence-corrected chi connectivity index (χ0v) is 19.7. The average Bonchev–Trinajstić information content (AvgIpc) is 2.93. The van der Waals surface area contributed by atoms with Crippen LogP contribution in [0.25, 0.3) is 11.3 Å². The number of rotatable bonds is 8. The molecule has 5 rings (SSSR count). The van der Waals surface area contributed by atoms with Gasteiger partial charge in [0, 0.05) is 5.56 Å². The molecule has 0 amide bonds. The van der Waals surface area contributed by atoms with E-state index in [1.165, 1.54) is 9.25 Å². The quantitative estimate of drug-likeness (QED) is 0.325. The van der Waals surface area contributed by atoms with Crippen molar-refractivity contribution >= 4 is 0 Å². The Kier molecular flexibility index (Phi) is 6.85. The van der Waals surface area contributed by atoms with Gasteiger partial charge in [-0.2, -0.15) is 5.10 Å². The third kappa shape index (κ3) is 5.33. The van der Waals surface area contributed by atoms with Crippen molar-refractivity contribution in [2.75, 3.05) is 0 Å². The number of hydrogen-bond acceptors (Lipinski definition) is 4. The molecule has 4 aromatic carbocycles. The Morgan fingerprint density at radius 2 is 1.14 bits per heavy atom. The van der Waals surface area contributed by atoms with E-state index in [4.69, 9.17) is 4.74 Å². The summed E-state index contributed by atoms with van der Waals surface area (Å²) in [5.41, 5.74) is 2.83. The standard InChI is InChI=1S/C30H25N3O3/c34-29-28(26-16-18-27(19-17-26)36-22-25-14-8-3-9-15-25)31-33(21-24-12-6-2-7-13-24)30(35)32(29)20-23-10-4-1-5-11-23/h1-19H,20-22H2. The van der Waals surface area contributed by atoms with Crippen molar-refractivity contribution < 1.29 is 4.74 Å². The normalized spacial score (nSPS) is 10.8. The molecular weight excluding hydrogens is 450 g/mol. The van der Waals surface area contributed by atoms with Crippen molar-refractivity contribution in [2.45, 2.75) is 19.7 Å². The summed E-state index contributed by atoms with van der Waals surface area (Å²) in [7, 11) is 0. The van der Waals surface area contributed by atoms with Crippen LogP contribution in [0.5, 0.6) is 5.75 Å². The highest BCUT2D eigenvalue weighted by atomic mass is 16.5.